The zero-order valence-electron chi connectivity index (χ0n) is 12.4. The first-order valence-corrected chi connectivity index (χ1v) is 6.89. The molecule has 0 spiro atoms. The minimum atomic E-state index is -0.0917. The Morgan fingerprint density at radius 2 is 2.05 bits per heavy atom. The lowest BCUT2D eigenvalue weighted by molar-refractivity contribution is -0.116. The molecule has 0 aromatic heterocycles. The summed E-state index contributed by atoms with van der Waals surface area (Å²) in [6.45, 7) is 2.85. The van der Waals surface area contributed by atoms with Gasteiger partial charge < -0.3 is 14.8 Å². The number of benzene rings is 1. The molecule has 1 amide bonds. The van der Waals surface area contributed by atoms with Crippen LogP contribution in [-0.4, -0.2) is 26.7 Å². The van der Waals surface area contributed by atoms with Crippen LogP contribution in [0.3, 0.4) is 0 Å². The number of carbonyl (C=O) groups excluding carboxylic acids is 1. The van der Waals surface area contributed by atoms with Gasteiger partial charge in [-0.1, -0.05) is 19.8 Å². The van der Waals surface area contributed by atoms with Crippen LogP contribution in [0, 0.1) is 0 Å². The second-order valence-electron chi connectivity index (χ2n) is 4.44. The van der Waals surface area contributed by atoms with E-state index in [9.17, 15) is 4.79 Å². The predicted molar refractivity (Wildman–Crippen MR) is 81.1 cm³/mol. The second kappa shape index (κ2) is 9.02. The van der Waals surface area contributed by atoms with Crippen molar-refractivity contribution in [3.63, 3.8) is 0 Å². The van der Waals surface area contributed by atoms with Crippen LogP contribution in [-0.2, 0) is 4.79 Å². The molecule has 0 atom stereocenters. The lowest BCUT2D eigenvalue weighted by Crippen LogP contribution is -2.21. The molecule has 1 aromatic rings. The van der Waals surface area contributed by atoms with Gasteiger partial charge in [0.1, 0.15) is 11.5 Å². The van der Waals surface area contributed by atoms with Gasteiger partial charge >= 0.3 is 0 Å². The fourth-order valence-corrected chi connectivity index (χ4v) is 1.78. The zero-order valence-corrected chi connectivity index (χ0v) is 12.4. The van der Waals surface area contributed by atoms with Gasteiger partial charge in [0, 0.05) is 18.2 Å². The third-order valence-corrected chi connectivity index (χ3v) is 2.93. The second-order valence-corrected chi connectivity index (χ2v) is 4.44. The highest BCUT2D eigenvalue weighted by Gasteiger charge is 2.02. The summed E-state index contributed by atoms with van der Waals surface area (Å²) < 4.78 is 10.4. The Labute approximate surface area is 120 Å². The average molecular weight is 277 g/mol. The lowest BCUT2D eigenvalue weighted by Gasteiger charge is -2.07. The Kier molecular flexibility index (Phi) is 7.25. The highest BCUT2D eigenvalue weighted by Crippen LogP contribution is 2.24. The predicted octanol–water partition coefficient (Wildman–Crippen LogP) is 3.02. The highest BCUT2D eigenvalue weighted by molar-refractivity contribution is 5.92. The third kappa shape index (κ3) is 5.34. The molecule has 1 aromatic carbocycles. The van der Waals surface area contributed by atoms with E-state index in [4.69, 9.17) is 9.47 Å². The van der Waals surface area contributed by atoms with Gasteiger partial charge in [0.2, 0.25) is 5.91 Å². The number of unbranched alkanes of at least 4 members (excludes halogenated alkanes) is 2. The van der Waals surface area contributed by atoms with E-state index in [1.54, 1.807) is 20.3 Å². The van der Waals surface area contributed by atoms with Crippen molar-refractivity contribution in [3.05, 3.63) is 29.8 Å². The average Bonchev–Trinajstić information content (AvgIpc) is 2.49. The Morgan fingerprint density at radius 1 is 1.25 bits per heavy atom. The molecule has 0 heterocycles. The van der Waals surface area contributed by atoms with Crippen LogP contribution in [0.15, 0.2) is 24.3 Å². The fraction of sp³-hybridized carbons (Fsp3) is 0.438. The first kappa shape index (κ1) is 16.1. The molecule has 1 rings (SSSR count). The molecule has 0 aliphatic carbocycles. The normalized spacial score (nSPS) is 10.6. The van der Waals surface area contributed by atoms with E-state index in [0.717, 1.165) is 30.6 Å². The molecule has 0 aliphatic rings. The molecular weight excluding hydrogens is 254 g/mol. The van der Waals surface area contributed by atoms with Crippen molar-refractivity contribution in [1.29, 1.82) is 0 Å². The quantitative estimate of drug-likeness (QED) is 0.587. The standard InChI is InChI=1S/C16H23NO3/c1-4-5-6-11-17-16(18)10-7-13-12-14(19-2)8-9-15(13)20-3/h7-10,12H,4-6,11H2,1-3H3,(H,17,18). The molecule has 0 aliphatic heterocycles. The molecular formula is C16H23NO3. The summed E-state index contributed by atoms with van der Waals surface area (Å²) in [7, 11) is 3.21. The van der Waals surface area contributed by atoms with E-state index in [1.807, 2.05) is 18.2 Å². The molecule has 110 valence electrons. The number of hydrogen-bond donors (Lipinski definition) is 1. The van der Waals surface area contributed by atoms with E-state index in [0.29, 0.717) is 12.3 Å². The van der Waals surface area contributed by atoms with Crippen molar-refractivity contribution < 1.29 is 14.3 Å². The first-order valence-electron chi connectivity index (χ1n) is 6.89. The SMILES string of the molecule is CCCCCNC(=O)C=Cc1cc(OC)ccc1OC. The molecule has 0 fully saturated rings. The minimum absolute atomic E-state index is 0.0917. The number of amides is 1. The molecule has 0 saturated heterocycles. The summed E-state index contributed by atoms with van der Waals surface area (Å²) in [5, 5.41) is 2.86. The topological polar surface area (TPSA) is 47.6 Å². The number of methoxy groups -OCH3 is 2. The van der Waals surface area contributed by atoms with Gasteiger partial charge in [-0.2, -0.15) is 0 Å². The Bertz CT molecular complexity index is 455. The fourth-order valence-electron chi connectivity index (χ4n) is 1.78. The summed E-state index contributed by atoms with van der Waals surface area (Å²) in [6, 6.07) is 5.47. The molecule has 0 saturated carbocycles. The van der Waals surface area contributed by atoms with Gasteiger partial charge in [-0.15, -0.1) is 0 Å². The molecule has 0 radical (unpaired) electrons. The van der Waals surface area contributed by atoms with Crippen LogP contribution >= 0.6 is 0 Å². The molecule has 0 bridgehead atoms. The maximum atomic E-state index is 11.7. The van der Waals surface area contributed by atoms with Crippen LogP contribution in [0.2, 0.25) is 0 Å². The maximum Gasteiger partial charge on any atom is 0.244 e. The summed E-state index contributed by atoms with van der Waals surface area (Å²) >= 11 is 0. The van der Waals surface area contributed by atoms with E-state index >= 15 is 0 Å². The van der Waals surface area contributed by atoms with Crippen molar-refractivity contribution in [1.82, 2.24) is 5.32 Å². The van der Waals surface area contributed by atoms with Crippen molar-refractivity contribution in [3.8, 4) is 11.5 Å². The third-order valence-electron chi connectivity index (χ3n) is 2.93. The molecule has 20 heavy (non-hydrogen) atoms. The Balaban J connectivity index is 2.61. The minimum Gasteiger partial charge on any atom is -0.497 e. The van der Waals surface area contributed by atoms with Crippen LogP contribution in [0.25, 0.3) is 6.08 Å². The number of ether oxygens (including phenoxy) is 2. The van der Waals surface area contributed by atoms with Crippen molar-refractivity contribution in [2.24, 2.45) is 0 Å². The van der Waals surface area contributed by atoms with E-state index in [2.05, 4.69) is 12.2 Å². The van der Waals surface area contributed by atoms with Gasteiger partial charge in [0.25, 0.3) is 0 Å². The first-order chi connectivity index (χ1) is 9.71. The number of nitrogens with one attached hydrogen (secondary N) is 1. The molecule has 1 N–H and O–H groups in total. The Morgan fingerprint density at radius 3 is 2.70 bits per heavy atom. The Hall–Kier alpha value is -1.97. The van der Waals surface area contributed by atoms with Gasteiger partial charge in [-0.3, -0.25) is 4.79 Å². The van der Waals surface area contributed by atoms with Crippen LogP contribution in [0.4, 0.5) is 0 Å². The van der Waals surface area contributed by atoms with E-state index in [-0.39, 0.29) is 5.91 Å². The monoisotopic (exact) mass is 277 g/mol. The van der Waals surface area contributed by atoms with Crippen molar-refractivity contribution >= 4 is 12.0 Å². The summed E-state index contributed by atoms with van der Waals surface area (Å²) in [6.07, 6.45) is 6.54. The van der Waals surface area contributed by atoms with E-state index in [1.165, 1.54) is 6.08 Å². The number of carbonyl (C=O) groups is 1. The molecule has 0 unspecified atom stereocenters. The van der Waals surface area contributed by atoms with E-state index < -0.39 is 0 Å². The number of rotatable bonds is 8. The largest absolute Gasteiger partial charge is 0.497 e. The molecule has 4 nitrogen and oxygen atoms in total. The summed E-state index contributed by atoms with van der Waals surface area (Å²) in [5.74, 6) is 1.35. The van der Waals surface area contributed by atoms with Crippen LogP contribution < -0.4 is 14.8 Å². The van der Waals surface area contributed by atoms with Gasteiger partial charge in [0.05, 0.1) is 14.2 Å². The van der Waals surface area contributed by atoms with Crippen LogP contribution in [0.1, 0.15) is 31.7 Å². The van der Waals surface area contributed by atoms with Gasteiger partial charge in [0.15, 0.2) is 0 Å². The summed E-state index contributed by atoms with van der Waals surface area (Å²) in [5.41, 5.74) is 0.815. The smallest absolute Gasteiger partial charge is 0.244 e. The summed E-state index contributed by atoms with van der Waals surface area (Å²) in [4.78, 5) is 11.7. The van der Waals surface area contributed by atoms with Gasteiger partial charge in [-0.25, -0.2) is 0 Å². The molecule has 4 heteroatoms. The van der Waals surface area contributed by atoms with Crippen molar-refractivity contribution in [2.75, 3.05) is 20.8 Å². The van der Waals surface area contributed by atoms with Gasteiger partial charge in [-0.05, 0) is 30.7 Å². The maximum absolute atomic E-state index is 11.7. The van der Waals surface area contributed by atoms with Crippen LogP contribution in [0.5, 0.6) is 11.5 Å². The highest BCUT2D eigenvalue weighted by atomic mass is 16.5. The lowest BCUT2D eigenvalue weighted by atomic mass is 10.1. The number of hydrogen-bond acceptors (Lipinski definition) is 3. The zero-order chi connectivity index (χ0) is 14.8. The van der Waals surface area contributed by atoms with Crippen molar-refractivity contribution in [2.45, 2.75) is 26.2 Å².